The number of aromatic nitrogens is 2. The third-order valence-corrected chi connectivity index (χ3v) is 6.07. The maximum absolute atomic E-state index is 12.6. The van der Waals surface area contributed by atoms with Gasteiger partial charge in [0.25, 0.3) is 0 Å². The van der Waals surface area contributed by atoms with E-state index in [0.29, 0.717) is 24.3 Å². The average Bonchev–Trinajstić information content (AvgIpc) is 2.95. The number of fused-ring (bicyclic) bond motifs is 1. The largest absolute Gasteiger partial charge is 0.368 e. The van der Waals surface area contributed by atoms with Crippen LogP contribution in [-0.4, -0.2) is 40.1 Å². The molecule has 5 heteroatoms. The molecule has 1 heterocycles. The van der Waals surface area contributed by atoms with Crippen molar-refractivity contribution in [1.82, 2.24) is 14.5 Å². The second kappa shape index (κ2) is 8.42. The van der Waals surface area contributed by atoms with Crippen molar-refractivity contribution in [3.63, 3.8) is 0 Å². The Morgan fingerprint density at radius 1 is 1.33 bits per heavy atom. The third-order valence-electron chi connectivity index (χ3n) is 6.07. The van der Waals surface area contributed by atoms with Gasteiger partial charge in [-0.05, 0) is 42.7 Å². The topological polar surface area (TPSA) is 47.4 Å². The van der Waals surface area contributed by atoms with E-state index < -0.39 is 0 Å². The molecule has 148 valence electrons. The predicted octanol–water partition coefficient (Wildman–Crippen LogP) is 4.01. The van der Waals surface area contributed by atoms with E-state index in [-0.39, 0.29) is 18.6 Å². The zero-order valence-corrected chi connectivity index (χ0v) is 17.3. The zero-order chi connectivity index (χ0) is 19.6. The smallest absolute Gasteiger partial charge is 0.248 e. The number of rotatable bonds is 6. The van der Waals surface area contributed by atoms with Crippen LogP contribution in [0.1, 0.15) is 45.9 Å². The van der Waals surface area contributed by atoms with Gasteiger partial charge in [-0.25, -0.2) is 4.98 Å². The number of hydrogen-bond donors (Lipinski definition) is 0. The highest BCUT2D eigenvalue weighted by Gasteiger charge is 2.32. The van der Waals surface area contributed by atoms with Crippen LogP contribution in [0.5, 0.6) is 0 Å². The number of nitrogens with zero attached hydrogens (tertiary/aromatic N) is 3. The van der Waals surface area contributed by atoms with Crippen LogP contribution in [0, 0.1) is 17.8 Å². The minimum atomic E-state index is 0.0165. The second-order valence-electron chi connectivity index (χ2n) is 8.50. The molecule has 5 nitrogen and oxygen atoms in total. The molecule has 0 aliphatic heterocycles. The number of amides is 1. The van der Waals surface area contributed by atoms with Gasteiger partial charge in [0.15, 0.2) is 0 Å². The molecule has 0 radical (unpaired) electrons. The molecule has 3 unspecified atom stereocenters. The Labute approximate surface area is 162 Å². The van der Waals surface area contributed by atoms with Gasteiger partial charge in [-0.1, -0.05) is 39.3 Å². The summed E-state index contributed by atoms with van der Waals surface area (Å²) in [5.41, 5.74) is 2.05. The minimum Gasteiger partial charge on any atom is -0.368 e. The Bertz CT molecular complexity index is 783. The van der Waals surface area contributed by atoms with Gasteiger partial charge in [-0.3, -0.25) is 4.79 Å². The maximum atomic E-state index is 12.6. The molecule has 0 bridgehead atoms. The first kappa shape index (κ1) is 19.9. The Morgan fingerprint density at radius 3 is 2.78 bits per heavy atom. The highest BCUT2D eigenvalue weighted by molar-refractivity contribution is 5.78. The van der Waals surface area contributed by atoms with Gasteiger partial charge < -0.3 is 14.2 Å². The summed E-state index contributed by atoms with van der Waals surface area (Å²) in [5, 5.41) is 0. The van der Waals surface area contributed by atoms with E-state index in [9.17, 15) is 4.79 Å². The summed E-state index contributed by atoms with van der Waals surface area (Å²) >= 11 is 0. The van der Waals surface area contributed by atoms with Crippen LogP contribution >= 0.6 is 0 Å². The van der Waals surface area contributed by atoms with E-state index in [1.54, 1.807) is 4.90 Å². The molecule has 1 aliphatic carbocycles. The van der Waals surface area contributed by atoms with Gasteiger partial charge in [0.05, 0.1) is 23.7 Å². The number of imidazole rings is 1. The number of para-hydroxylation sites is 2. The summed E-state index contributed by atoms with van der Waals surface area (Å²) < 4.78 is 8.17. The first-order valence-electron chi connectivity index (χ1n) is 10.1. The van der Waals surface area contributed by atoms with Gasteiger partial charge in [0.2, 0.25) is 5.91 Å². The quantitative estimate of drug-likeness (QED) is 0.771. The SMILES string of the molecule is CC1CCC(C(C)C)C(OCC(=O)N(C)Cc2nc3ccccc3n2C)C1. The summed E-state index contributed by atoms with van der Waals surface area (Å²) in [6.45, 7) is 7.45. The summed E-state index contributed by atoms with van der Waals surface area (Å²) in [4.78, 5) is 19.0. The Balaban J connectivity index is 1.59. The number of aryl methyl sites for hydroxylation is 1. The molecule has 1 aliphatic rings. The van der Waals surface area contributed by atoms with Gasteiger partial charge >= 0.3 is 0 Å². The van der Waals surface area contributed by atoms with Crippen molar-refractivity contribution in [1.29, 1.82) is 0 Å². The molecule has 0 N–H and O–H groups in total. The lowest BCUT2D eigenvalue weighted by Crippen LogP contribution is -2.38. The van der Waals surface area contributed by atoms with E-state index in [2.05, 4.69) is 30.3 Å². The summed E-state index contributed by atoms with van der Waals surface area (Å²) in [6.07, 6.45) is 3.73. The van der Waals surface area contributed by atoms with Gasteiger partial charge in [0, 0.05) is 14.1 Å². The van der Waals surface area contributed by atoms with Crippen LogP contribution < -0.4 is 0 Å². The molecule has 1 aromatic carbocycles. The highest BCUT2D eigenvalue weighted by atomic mass is 16.5. The fraction of sp³-hybridized carbons (Fsp3) is 0.636. The van der Waals surface area contributed by atoms with E-state index in [1.165, 1.54) is 12.8 Å². The predicted molar refractivity (Wildman–Crippen MR) is 108 cm³/mol. The maximum Gasteiger partial charge on any atom is 0.248 e. The number of likely N-dealkylation sites (N-methyl/N-ethyl adjacent to an activating group) is 1. The molecular formula is C22H33N3O2. The minimum absolute atomic E-state index is 0.0165. The van der Waals surface area contributed by atoms with Gasteiger partial charge in [-0.2, -0.15) is 0 Å². The van der Waals surface area contributed by atoms with Crippen molar-refractivity contribution in [3.05, 3.63) is 30.1 Å². The van der Waals surface area contributed by atoms with Gasteiger partial charge in [0.1, 0.15) is 12.4 Å². The standard InChI is InChI=1S/C22H33N3O2/c1-15(2)17-11-10-16(3)12-20(17)27-14-22(26)24(4)13-21-23-18-8-6-7-9-19(18)25(21)5/h6-9,15-17,20H,10-14H2,1-5H3. The Hall–Kier alpha value is -1.88. The molecule has 1 fully saturated rings. The molecule has 27 heavy (non-hydrogen) atoms. The number of carbonyl (C=O) groups is 1. The van der Waals surface area contributed by atoms with E-state index in [4.69, 9.17) is 4.74 Å². The Morgan fingerprint density at radius 2 is 2.07 bits per heavy atom. The summed E-state index contributed by atoms with van der Waals surface area (Å²) in [7, 11) is 3.82. The monoisotopic (exact) mass is 371 g/mol. The first-order valence-corrected chi connectivity index (χ1v) is 10.1. The third kappa shape index (κ3) is 4.52. The molecule has 1 saturated carbocycles. The van der Waals surface area contributed by atoms with E-state index in [0.717, 1.165) is 23.3 Å². The average molecular weight is 372 g/mol. The van der Waals surface area contributed by atoms with Crippen molar-refractivity contribution in [2.24, 2.45) is 24.8 Å². The van der Waals surface area contributed by atoms with Crippen molar-refractivity contribution in [2.45, 2.75) is 52.7 Å². The molecule has 2 aromatic rings. The summed E-state index contributed by atoms with van der Waals surface area (Å²) in [6, 6.07) is 8.04. The normalized spacial score (nSPS) is 23.1. The fourth-order valence-electron chi connectivity index (χ4n) is 4.23. The van der Waals surface area contributed by atoms with Crippen molar-refractivity contribution < 1.29 is 9.53 Å². The van der Waals surface area contributed by atoms with Crippen LogP contribution in [0.4, 0.5) is 0 Å². The zero-order valence-electron chi connectivity index (χ0n) is 17.3. The molecule has 1 aromatic heterocycles. The van der Waals surface area contributed by atoms with Crippen molar-refractivity contribution >= 4 is 16.9 Å². The number of carbonyl (C=O) groups excluding carboxylic acids is 1. The lowest BCUT2D eigenvalue weighted by Gasteiger charge is -2.37. The van der Waals surface area contributed by atoms with Crippen molar-refractivity contribution in [2.75, 3.05) is 13.7 Å². The number of hydrogen-bond acceptors (Lipinski definition) is 3. The fourth-order valence-corrected chi connectivity index (χ4v) is 4.23. The molecular weight excluding hydrogens is 338 g/mol. The van der Waals surface area contributed by atoms with E-state index >= 15 is 0 Å². The lowest BCUT2D eigenvalue weighted by molar-refractivity contribution is -0.141. The number of ether oxygens (including phenoxy) is 1. The van der Waals surface area contributed by atoms with Crippen LogP contribution in [0.3, 0.4) is 0 Å². The van der Waals surface area contributed by atoms with Crippen molar-refractivity contribution in [3.8, 4) is 0 Å². The molecule has 0 saturated heterocycles. The molecule has 1 amide bonds. The second-order valence-corrected chi connectivity index (χ2v) is 8.50. The van der Waals surface area contributed by atoms with Crippen LogP contribution in [0.25, 0.3) is 11.0 Å². The lowest BCUT2D eigenvalue weighted by atomic mass is 9.75. The van der Waals surface area contributed by atoms with E-state index in [1.807, 2.05) is 38.4 Å². The molecule has 3 atom stereocenters. The van der Waals surface area contributed by atoms with Crippen LogP contribution in [0.2, 0.25) is 0 Å². The first-order chi connectivity index (χ1) is 12.9. The van der Waals surface area contributed by atoms with Crippen LogP contribution in [0.15, 0.2) is 24.3 Å². The van der Waals surface area contributed by atoms with Crippen LogP contribution in [-0.2, 0) is 23.1 Å². The summed E-state index contributed by atoms with van der Waals surface area (Å²) in [5.74, 6) is 2.73. The highest BCUT2D eigenvalue weighted by Crippen LogP contribution is 2.35. The Kier molecular flexibility index (Phi) is 6.20. The van der Waals surface area contributed by atoms with Gasteiger partial charge in [-0.15, -0.1) is 0 Å². The molecule has 3 rings (SSSR count). The molecule has 0 spiro atoms. The number of benzene rings is 1.